The van der Waals surface area contributed by atoms with Crippen LogP contribution < -0.4 is 15.2 Å². The molecule has 0 fully saturated rings. The van der Waals surface area contributed by atoms with Crippen molar-refractivity contribution in [1.29, 1.82) is 0 Å². The number of halogens is 3. The summed E-state index contributed by atoms with van der Waals surface area (Å²) in [7, 11) is 1.61. The molecule has 0 saturated carbocycles. The molecule has 3 aromatic rings. The second-order valence-corrected chi connectivity index (χ2v) is 11.2. The molecule has 9 heteroatoms. The van der Waals surface area contributed by atoms with Crippen LogP contribution in [0.3, 0.4) is 0 Å². The maximum absolute atomic E-state index is 13.9. The third kappa shape index (κ3) is 4.69. The van der Waals surface area contributed by atoms with Crippen molar-refractivity contribution in [2.75, 3.05) is 12.0 Å². The largest absolute Gasteiger partial charge is 0.497 e. The molecule has 2 aliphatic rings. The van der Waals surface area contributed by atoms with E-state index in [4.69, 9.17) is 27.9 Å². The number of aromatic nitrogens is 2. The number of carbonyl (C=O) groups is 1. The number of carbonyl (C=O) groups excluding carboxylic acids is 1. The van der Waals surface area contributed by atoms with Crippen LogP contribution in [0.15, 0.2) is 75.8 Å². The Morgan fingerprint density at radius 2 is 1.89 bits per heavy atom. The summed E-state index contributed by atoms with van der Waals surface area (Å²) in [5.41, 5.74) is 3.64. The fourth-order valence-electron chi connectivity index (χ4n) is 5.00. The minimum Gasteiger partial charge on any atom is -0.497 e. The Kier molecular flexibility index (Phi) is 7.14. The lowest BCUT2D eigenvalue weighted by Gasteiger charge is -2.30. The van der Waals surface area contributed by atoms with E-state index in [9.17, 15) is 9.59 Å². The van der Waals surface area contributed by atoms with Crippen LogP contribution in [0.5, 0.6) is 5.75 Å². The summed E-state index contributed by atoms with van der Waals surface area (Å²) in [6, 6.07) is 10.7. The van der Waals surface area contributed by atoms with Gasteiger partial charge in [0.15, 0.2) is 0 Å². The van der Waals surface area contributed by atoms with Gasteiger partial charge in [0.1, 0.15) is 16.8 Å². The molecule has 0 spiro atoms. The molecule has 2 atom stereocenters. The summed E-state index contributed by atoms with van der Waals surface area (Å²) in [6.07, 6.45) is 8.40. The van der Waals surface area contributed by atoms with Gasteiger partial charge in [-0.1, -0.05) is 42.0 Å². The Hall–Kier alpha value is -2.74. The molecule has 0 N–H and O–H groups in total. The first-order chi connectivity index (χ1) is 17.7. The molecule has 6 nitrogen and oxygen atoms in total. The summed E-state index contributed by atoms with van der Waals surface area (Å²) >= 11 is 16.4. The van der Waals surface area contributed by atoms with Gasteiger partial charge in [-0.2, -0.15) is 0 Å². The number of amides is 1. The number of pyridine rings is 1. The van der Waals surface area contributed by atoms with Crippen molar-refractivity contribution in [3.8, 4) is 5.75 Å². The standard InChI is InChI=1S/C28H26BrCl2N3O3/c1-16(2)33-24(29)13-22-26(33)25(18-6-8-19(30)9-7-18)34(27(22)35)20-12-23(31)28(36)32(15-20)14-17-4-10-21(37-3)11-5-17/h4-8,10-13,15-16,19,25H,9,14H2,1-3H3. The Labute approximate surface area is 233 Å². The minimum absolute atomic E-state index is 0.0519. The number of anilines is 1. The van der Waals surface area contributed by atoms with Gasteiger partial charge in [-0.3, -0.25) is 14.5 Å². The number of rotatable bonds is 6. The molecular formula is C28H26BrCl2N3O3. The van der Waals surface area contributed by atoms with Gasteiger partial charge in [-0.15, -0.1) is 11.6 Å². The first kappa shape index (κ1) is 25.9. The monoisotopic (exact) mass is 601 g/mol. The van der Waals surface area contributed by atoms with Gasteiger partial charge >= 0.3 is 0 Å². The van der Waals surface area contributed by atoms with Crippen LogP contribution in [0, 0.1) is 0 Å². The molecule has 2 aromatic heterocycles. The number of alkyl halides is 1. The molecular weight excluding hydrogens is 577 g/mol. The van der Waals surface area contributed by atoms with Crippen molar-refractivity contribution < 1.29 is 9.53 Å². The van der Waals surface area contributed by atoms with Crippen LogP contribution in [-0.4, -0.2) is 27.5 Å². The van der Waals surface area contributed by atoms with E-state index >= 15 is 0 Å². The predicted octanol–water partition coefficient (Wildman–Crippen LogP) is 6.90. The van der Waals surface area contributed by atoms with E-state index in [1.54, 1.807) is 28.8 Å². The lowest BCUT2D eigenvalue weighted by Crippen LogP contribution is -2.32. The molecule has 0 radical (unpaired) electrons. The van der Waals surface area contributed by atoms with Crippen molar-refractivity contribution in [2.24, 2.45) is 0 Å². The van der Waals surface area contributed by atoms with E-state index in [1.165, 1.54) is 0 Å². The molecule has 1 amide bonds. The number of benzene rings is 1. The molecule has 0 bridgehead atoms. The van der Waals surface area contributed by atoms with Crippen molar-refractivity contribution >= 4 is 50.7 Å². The molecule has 0 saturated heterocycles. The maximum Gasteiger partial charge on any atom is 0.269 e. The van der Waals surface area contributed by atoms with E-state index in [0.29, 0.717) is 24.2 Å². The predicted molar refractivity (Wildman–Crippen MR) is 151 cm³/mol. The lowest BCUT2D eigenvalue weighted by atomic mass is 9.97. The lowest BCUT2D eigenvalue weighted by molar-refractivity contribution is 0.0993. The van der Waals surface area contributed by atoms with Crippen LogP contribution in [-0.2, 0) is 6.54 Å². The zero-order valence-electron chi connectivity index (χ0n) is 20.6. The van der Waals surface area contributed by atoms with Gasteiger partial charge in [0.25, 0.3) is 11.5 Å². The second-order valence-electron chi connectivity index (χ2n) is 9.45. The Bertz CT molecular complexity index is 1490. The normalized spacial score (nSPS) is 18.9. The number of allylic oxidation sites excluding steroid dienone is 2. The summed E-state index contributed by atoms with van der Waals surface area (Å²) in [5.74, 6) is 0.587. The number of methoxy groups -OCH3 is 1. The number of fused-ring (bicyclic) bond motifs is 1. The molecule has 3 heterocycles. The Morgan fingerprint density at radius 1 is 1.16 bits per heavy atom. The van der Waals surface area contributed by atoms with Crippen LogP contribution in [0.4, 0.5) is 5.69 Å². The highest BCUT2D eigenvalue weighted by Crippen LogP contribution is 2.46. The quantitative estimate of drug-likeness (QED) is 0.288. The van der Waals surface area contributed by atoms with E-state index in [0.717, 1.165) is 27.2 Å². The van der Waals surface area contributed by atoms with Gasteiger partial charge in [0.2, 0.25) is 0 Å². The number of hydrogen-bond donors (Lipinski definition) is 0. The number of ether oxygens (including phenoxy) is 1. The van der Waals surface area contributed by atoms with Gasteiger partial charge in [-0.05, 0) is 71.6 Å². The average Bonchev–Trinajstić information content (AvgIpc) is 3.35. The van der Waals surface area contributed by atoms with E-state index in [-0.39, 0.29) is 33.9 Å². The van der Waals surface area contributed by atoms with E-state index < -0.39 is 0 Å². The first-order valence-corrected chi connectivity index (χ1v) is 13.6. The molecule has 37 heavy (non-hydrogen) atoms. The molecule has 1 aromatic carbocycles. The van der Waals surface area contributed by atoms with Crippen LogP contribution in [0.25, 0.3) is 0 Å². The highest BCUT2D eigenvalue weighted by atomic mass is 79.9. The summed E-state index contributed by atoms with van der Waals surface area (Å²) in [5, 5.41) is -0.0331. The summed E-state index contributed by atoms with van der Waals surface area (Å²) in [4.78, 5) is 28.6. The van der Waals surface area contributed by atoms with E-state index in [2.05, 4.69) is 40.4 Å². The minimum atomic E-state index is -0.389. The Morgan fingerprint density at radius 3 is 2.51 bits per heavy atom. The summed E-state index contributed by atoms with van der Waals surface area (Å²) in [6.45, 7) is 4.47. The van der Waals surface area contributed by atoms with Crippen molar-refractivity contribution in [2.45, 2.75) is 44.3 Å². The van der Waals surface area contributed by atoms with Crippen molar-refractivity contribution in [1.82, 2.24) is 9.13 Å². The van der Waals surface area contributed by atoms with Gasteiger partial charge in [0.05, 0.1) is 40.6 Å². The van der Waals surface area contributed by atoms with Crippen LogP contribution >= 0.6 is 39.1 Å². The van der Waals surface area contributed by atoms with Crippen LogP contribution in [0.2, 0.25) is 5.02 Å². The third-order valence-electron chi connectivity index (χ3n) is 6.72. The topological polar surface area (TPSA) is 56.5 Å². The van der Waals surface area contributed by atoms with Gasteiger partial charge < -0.3 is 13.9 Å². The second kappa shape index (κ2) is 10.2. The third-order valence-corrected chi connectivity index (χ3v) is 7.93. The Balaban J connectivity index is 1.62. The number of hydrogen-bond acceptors (Lipinski definition) is 3. The highest BCUT2D eigenvalue weighted by molar-refractivity contribution is 9.10. The van der Waals surface area contributed by atoms with Gasteiger partial charge in [-0.25, -0.2) is 0 Å². The van der Waals surface area contributed by atoms with Crippen LogP contribution in [0.1, 0.15) is 54.0 Å². The van der Waals surface area contributed by atoms with Gasteiger partial charge in [0, 0.05) is 12.2 Å². The zero-order chi connectivity index (χ0) is 26.4. The zero-order valence-corrected chi connectivity index (χ0v) is 23.7. The summed E-state index contributed by atoms with van der Waals surface area (Å²) < 4.78 is 9.76. The molecule has 192 valence electrons. The number of nitrogens with zero attached hydrogens (tertiary/aromatic N) is 3. The van der Waals surface area contributed by atoms with Crippen molar-refractivity contribution in [3.05, 3.63) is 103 Å². The SMILES string of the molecule is COc1ccc(Cn2cc(N3C(=O)c4cc(Br)n(C(C)C)c4C3C3=CCC(Cl)C=C3)cc(Cl)c2=O)cc1. The average molecular weight is 603 g/mol. The molecule has 2 unspecified atom stereocenters. The molecule has 5 rings (SSSR count). The first-order valence-electron chi connectivity index (χ1n) is 12.0. The van der Waals surface area contributed by atoms with E-state index in [1.807, 2.05) is 42.5 Å². The molecule has 1 aliphatic carbocycles. The molecule has 1 aliphatic heterocycles. The smallest absolute Gasteiger partial charge is 0.269 e. The fourth-order valence-corrected chi connectivity index (χ4v) is 6.21. The fraction of sp³-hybridized carbons (Fsp3) is 0.286. The van der Waals surface area contributed by atoms with Crippen molar-refractivity contribution in [3.63, 3.8) is 0 Å². The highest BCUT2D eigenvalue weighted by Gasteiger charge is 2.43. The maximum atomic E-state index is 13.9.